The van der Waals surface area contributed by atoms with E-state index < -0.39 is 6.04 Å². The monoisotopic (exact) mass is 260 g/mol. The highest BCUT2D eigenvalue weighted by Crippen LogP contribution is 2.14. The zero-order chi connectivity index (χ0) is 14.3. The highest BCUT2D eigenvalue weighted by Gasteiger charge is 2.16. The molecule has 1 rings (SSSR count). The van der Waals surface area contributed by atoms with Gasteiger partial charge >= 0.3 is 0 Å². The van der Waals surface area contributed by atoms with Crippen molar-refractivity contribution in [2.24, 2.45) is 0 Å². The van der Waals surface area contributed by atoms with Crippen LogP contribution in [-0.2, 0) is 0 Å². The molecule has 0 N–H and O–H groups in total. The first-order valence-electron chi connectivity index (χ1n) is 6.49. The van der Waals surface area contributed by atoms with Crippen LogP contribution in [0.2, 0.25) is 0 Å². The normalized spacial score (nSPS) is 11.5. The third kappa shape index (κ3) is 4.29. The van der Waals surface area contributed by atoms with Crippen molar-refractivity contribution in [2.45, 2.75) is 32.7 Å². The van der Waals surface area contributed by atoms with E-state index in [1.165, 1.54) is 4.90 Å². The van der Waals surface area contributed by atoms with Gasteiger partial charge in [0.1, 0.15) is 11.8 Å². The molecule has 19 heavy (non-hydrogen) atoms. The van der Waals surface area contributed by atoms with Gasteiger partial charge in [-0.05, 0) is 37.6 Å². The van der Waals surface area contributed by atoms with Crippen molar-refractivity contribution >= 4 is 5.91 Å². The molecule has 4 nitrogen and oxygen atoms in total. The fourth-order valence-corrected chi connectivity index (χ4v) is 1.49. The maximum Gasteiger partial charge on any atom is 0.254 e. The number of unbranched alkanes of at least 4 members (excludes halogenated alkanes) is 1. The molecule has 0 saturated carbocycles. The zero-order valence-electron chi connectivity index (χ0n) is 11.7. The molecule has 0 saturated heterocycles. The van der Waals surface area contributed by atoms with Crippen molar-refractivity contribution in [2.75, 3.05) is 13.7 Å². The lowest BCUT2D eigenvalue weighted by Gasteiger charge is -2.19. The summed E-state index contributed by atoms with van der Waals surface area (Å²) >= 11 is 0. The summed E-state index contributed by atoms with van der Waals surface area (Å²) in [4.78, 5) is 13.5. The van der Waals surface area contributed by atoms with Gasteiger partial charge in [-0.3, -0.25) is 4.79 Å². The molecule has 0 aromatic heterocycles. The van der Waals surface area contributed by atoms with E-state index in [1.807, 2.05) is 6.07 Å². The Bertz CT molecular complexity index is 448. The van der Waals surface area contributed by atoms with Gasteiger partial charge in [0.25, 0.3) is 5.91 Å². The second kappa shape index (κ2) is 7.42. The third-order valence-electron chi connectivity index (χ3n) is 2.96. The average Bonchev–Trinajstić information content (AvgIpc) is 2.46. The first-order chi connectivity index (χ1) is 9.10. The van der Waals surface area contributed by atoms with E-state index in [0.717, 1.165) is 18.6 Å². The Morgan fingerprint density at radius 2 is 2.05 bits per heavy atom. The molecular weight excluding hydrogens is 240 g/mol. The molecule has 0 radical (unpaired) electrons. The number of carbonyl (C=O) groups excluding carboxylic acids is 1. The summed E-state index contributed by atoms with van der Waals surface area (Å²) in [6.07, 6.45) is 2.11. The minimum atomic E-state index is -0.437. The standard InChI is InChI=1S/C15H20N2O2/c1-4-5-10-19-14-8-6-13(7-9-14)15(18)17(3)12(2)11-16/h6-9,12H,4-5,10H2,1-3H3. The van der Waals surface area contributed by atoms with Crippen LogP contribution >= 0.6 is 0 Å². The summed E-state index contributed by atoms with van der Waals surface area (Å²) in [5.74, 6) is 0.607. The van der Waals surface area contributed by atoms with Crippen LogP contribution < -0.4 is 4.74 Å². The summed E-state index contributed by atoms with van der Waals surface area (Å²) in [7, 11) is 1.63. The number of hydrogen-bond donors (Lipinski definition) is 0. The number of benzene rings is 1. The Morgan fingerprint density at radius 3 is 2.58 bits per heavy atom. The highest BCUT2D eigenvalue weighted by atomic mass is 16.5. The molecule has 102 valence electrons. The van der Waals surface area contributed by atoms with Crippen LogP contribution in [-0.4, -0.2) is 30.5 Å². The SMILES string of the molecule is CCCCOc1ccc(C(=O)N(C)C(C)C#N)cc1. The van der Waals surface area contributed by atoms with Gasteiger partial charge in [0.05, 0.1) is 12.7 Å². The Kier molecular flexibility index (Phi) is 5.87. The predicted molar refractivity (Wildman–Crippen MR) is 74.0 cm³/mol. The lowest BCUT2D eigenvalue weighted by Crippen LogP contribution is -2.33. The molecule has 1 atom stereocenters. The molecule has 4 heteroatoms. The lowest BCUT2D eigenvalue weighted by molar-refractivity contribution is 0.0773. The first kappa shape index (κ1) is 15.0. The molecule has 0 aliphatic carbocycles. The summed E-state index contributed by atoms with van der Waals surface area (Å²) < 4.78 is 5.53. The largest absolute Gasteiger partial charge is 0.494 e. The molecule has 0 fully saturated rings. The van der Waals surface area contributed by atoms with Crippen LogP contribution in [0.4, 0.5) is 0 Å². The zero-order valence-corrected chi connectivity index (χ0v) is 11.7. The molecular formula is C15H20N2O2. The van der Waals surface area contributed by atoms with Crippen LogP contribution in [0.25, 0.3) is 0 Å². The van der Waals surface area contributed by atoms with Crippen molar-refractivity contribution in [3.05, 3.63) is 29.8 Å². The Labute approximate surface area is 114 Å². The molecule has 1 unspecified atom stereocenters. The number of hydrogen-bond acceptors (Lipinski definition) is 3. The maximum atomic E-state index is 12.1. The van der Waals surface area contributed by atoms with Crippen molar-refractivity contribution in [3.63, 3.8) is 0 Å². The molecule has 1 aromatic carbocycles. The number of carbonyl (C=O) groups is 1. The smallest absolute Gasteiger partial charge is 0.254 e. The summed E-state index contributed by atoms with van der Waals surface area (Å²) in [6, 6.07) is 8.63. The van der Waals surface area contributed by atoms with Crippen LogP contribution in [0.1, 0.15) is 37.0 Å². The Hall–Kier alpha value is -2.02. The predicted octanol–water partition coefficient (Wildman–Crippen LogP) is 2.85. The van der Waals surface area contributed by atoms with Gasteiger partial charge in [0.15, 0.2) is 0 Å². The number of nitrogens with zero attached hydrogens (tertiary/aromatic N) is 2. The fraction of sp³-hybridized carbons (Fsp3) is 0.467. The van der Waals surface area contributed by atoms with Crippen molar-refractivity contribution in [3.8, 4) is 11.8 Å². The fourth-order valence-electron chi connectivity index (χ4n) is 1.49. The summed E-state index contributed by atoms with van der Waals surface area (Å²) in [5, 5.41) is 8.80. The minimum Gasteiger partial charge on any atom is -0.494 e. The third-order valence-corrected chi connectivity index (χ3v) is 2.96. The van der Waals surface area contributed by atoms with E-state index >= 15 is 0 Å². The van der Waals surface area contributed by atoms with Crippen molar-refractivity contribution < 1.29 is 9.53 Å². The molecule has 0 heterocycles. The van der Waals surface area contributed by atoms with Gasteiger partial charge in [0, 0.05) is 12.6 Å². The second-order valence-electron chi connectivity index (χ2n) is 4.45. The van der Waals surface area contributed by atoms with E-state index in [1.54, 1.807) is 38.2 Å². The first-order valence-corrected chi connectivity index (χ1v) is 6.49. The number of ether oxygens (including phenoxy) is 1. The van der Waals surface area contributed by atoms with Gasteiger partial charge < -0.3 is 9.64 Å². The number of nitriles is 1. The molecule has 0 spiro atoms. The van der Waals surface area contributed by atoms with Gasteiger partial charge in [-0.25, -0.2) is 0 Å². The van der Waals surface area contributed by atoms with E-state index in [2.05, 4.69) is 6.92 Å². The van der Waals surface area contributed by atoms with Gasteiger partial charge in [-0.2, -0.15) is 5.26 Å². The van der Waals surface area contributed by atoms with Crippen LogP contribution in [0.3, 0.4) is 0 Å². The van der Waals surface area contributed by atoms with E-state index in [4.69, 9.17) is 10.00 Å². The number of amides is 1. The second-order valence-corrected chi connectivity index (χ2v) is 4.45. The Balaban J connectivity index is 2.66. The number of rotatable bonds is 6. The summed E-state index contributed by atoms with van der Waals surface area (Å²) in [6.45, 7) is 4.49. The molecule has 0 bridgehead atoms. The molecule has 1 aromatic rings. The van der Waals surface area contributed by atoms with Gasteiger partial charge in [-0.1, -0.05) is 13.3 Å². The summed E-state index contributed by atoms with van der Waals surface area (Å²) in [5.41, 5.74) is 0.562. The maximum absolute atomic E-state index is 12.1. The van der Waals surface area contributed by atoms with Crippen LogP contribution in [0.15, 0.2) is 24.3 Å². The van der Waals surface area contributed by atoms with E-state index in [0.29, 0.717) is 12.2 Å². The van der Waals surface area contributed by atoms with Gasteiger partial charge in [0.2, 0.25) is 0 Å². The van der Waals surface area contributed by atoms with Crippen LogP contribution in [0.5, 0.6) is 5.75 Å². The molecule has 1 amide bonds. The molecule has 0 aliphatic rings. The van der Waals surface area contributed by atoms with Crippen molar-refractivity contribution in [1.29, 1.82) is 5.26 Å². The van der Waals surface area contributed by atoms with Crippen LogP contribution in [0, 0.1) is 11.3 Å². The van der Waals surface area contributed by atoms with Gasteiger partial charge in [-0.15, -0.1) is 0 Å². The highest BCUT2D eigenvalue weighted by molar-refractivity contribution is 5.94. The topological polar surface area (TPSA) is 53.3 Å². The Morgan fingerprint density at radius 1 is 1.42 bits per heavy atom. The van der Waals surface area contributed by atoms with Crippen molar-refractivity contribution in [1.82, 2.24) is 4.90 Å². The van der Waals surface area contributed by atoms with E-state index in [9.17, 15) is 4.79 Å². The quantitative estimate of drug-likeness (QED) is 0.739. The van der Waals surface area contributed by atoms with E-state index in [-0.39, 0.29) is 5.91 Å². The minimum absolute atomic E-state index is 0.158. The average molecular weight is 260 g/mol. The lowest BCUT2D eigenvalue weighted by atomic mass is 10.1. The molecule has 0 aliphatic heterocycles.